The minimum atomic E-state index is 0.853. The Hall–Kier alpha value is -1.54. The lowest BCUT2D eigenvalue weighted by atomic mass is 9.96. The Balaban J connectivity index is 3.01. The number of rotatable bonds is 3. The zero-order valence-electron chi connectivity index (χ0n) is 11.5. The molecule has 0 aromatic heterocycles. The van der Waals surface area contributed by atoms with Gasteiger partial charge in [0.15, 0.2) is 0 Å². The average Bonchev–Trinajstić information content (AvgIpc) is 2.41. The molecular formula is C17H17BrO. The molecule has 98 valence electrons. The summed E-state index contributed by atoms with van der Waals surface area (Å²) in [5.74, 6) is 0.853. The second-order valence-electron chi connectivity index (χ2n) is 4.43. The van der Waals surface area contributed by atoms with Crippen molar-refractivity contribution in [3.05, 3.63) is 52.0 Å². The Morgan fingerprint density at radius 2 is 1.95 bits per heavy atom. The molecule has 0 N–H and O–H groups in total. The van der Waals surface area contributed by atoms with Crippen molar-refractivity contribution >= 4 is 38.9 Å². The monoisotopic (exact) mass is 316 g/mol. The molecule has 0 radical (unpaired) electrons. The molecule has 0 heterocycles. The molecule has 0 saturated heterocycles. The van der Waals surface area contributed by atoms with Gasteiger partial charge < -0.3 is 4.74 Å². The van der Waals surface area contributed by atoms with Gasteiger partial charge in [-0.25, -0.2) is 0 Å². The summed E-state index contributed by atoms with van der Waals surface area (Å²) < 4.78 is 6.57. The van der Waals surface area contributed by atoms with E-state index in [-0.39, 0.29) is 0 Å². The van der Waals surface area contributed by atoms with Gasteiger partial charge in [-0.2, -0.15) is 0 Å². The highest BCUT2D eigenvalue weighted by atomic mass is 79.9. The zero-order valence-corrected chi connectivity index (χ0v) is 13.0. The van der Waals surface area contributed by atoms with Crippen molar-refractivity contribution in [2.24, 2.45) is 0 Å². The number of ether oxygens (including phenoxy) is 1. The van der Waals surface area contributed by atoms with Gasteiger partial charge in [0.25, 0.3) is 0 Å². The van der Waals surface area contributed by atoms with E-state index in [1.165, 1.54) is 10.9 Å². The highest BCUT2D eigenvalue weighted by Crippen LogP contribution is 2.41. The Bertz CT molecular complexity index is 669. The summed E-state index contributed by atoms with van der Waals surface area (Å²) in [4.78, 5) is 0. The van der Waals surface area contributed by atoms with E-state index >= 15 is 0 Å². The van der Waals surface area contributed by atoms with E-state index in [0.29, 0.717) is 0 Å². The SMILES string of the molecule is C=Cc1c(/C=C\C)c(OC)c(Br)c2cc(C)ccc12. The lowest BCUT2D eigenvalue weighted by molar-refractivity contribution is 0.412. The molecule has 0 saturated carbocycles. The van der Waals surface area contributed by atoms with Crippen LogP contribution in [0.1, 0.15) is 23.6 Å². The first-order chi connectivity index (χ1) is 9.13. The van der Waals surface area contributed by atoms with Crippen molar-refractivity contribution in [1.82, 2.24) is 0 Å². The van der Waals surface area contributed by atoms with Crippen molar-refractivity contribution in [3.8, 4) is 5.75 Å². The molecule has 2 heteroatoms. The van der Waals surface area contributed by atoms with Gasteiger partial charge in [0, 0.05) is 10.9 Å². The molecule has 0 fully saturated rings. The minimum absolute atomic E-state index is 0.853. The average molecular weight is 317 g/mol. The summed E-state index contributed by atoms with van der Waals surface area (Å²) in [5, 5.41) is 2.33. The summed E-state index contributed by atoms with van der Waals surface area (Å²) in [6, 6.07) is 6.42. The van der Waals surface area contributed by atoms with Crippen LogP contribution in [0.5, 0.6) is 5.75 Å². The fraction of sp³-hybridized carbons (Fsp3) is 0.176. The maximum atomic E-state index is 5.57. The zero-order chi connectivity index (χ0) is 14.0. The number of benzene rings is 2. The van der Waals surface area contributed by atoms with Crippen molar-refractivity contribution in [1.29, 1.82) is 0 Å². The summed E-state index contributed by atoms with van der Waals surface area (Å²) in [7, 11) is 1.70. The second-order valence-corrected chi connectivity index (χ2v) is 5.22. The van der Waals surface area contributed by atoms with E-state index in [2.05, 4.69) is 53.7 Å². The van der Waals surface area contributed by atoms with E-state index in [1.807, 2.05) is 19.1 Å². The second kappa shape index (κ2) is 5.62. The number of methoxy groups -OCH3 is 1. The molecule has 0 unspecified atom stereocenters. The number of fused-ring (bicyclic) bond motifs is 1. The summed E-state index contributed by atoms with van der Waals surface area (Å²) in [6.45, 7) is 8.04. The Morgan fingerprint density at radius 3 is 2.53 bits per heavy atom. The van der Waals surface area contributed by atoms with Gasteiger partial charge in [0.05, 0.1) is 11.6 Å². The number of halogens is 1. The number of aryl methyl sites for hydroxylation is 1. The first-order valence-electron chi connectivity index (χ1n) is 6.19. The molecule has 0 aliphatic rings. The third-order valence-electron chi connectivity index (χ3n) is 3.18. The molecule has 2 aromatic rings. The summed E-state index contributed by atoms with van der Waals surface area (Å²) in [5.41, 5.74) is 3.39. The highest BCUT2D eigenvalue weighted by Gasteiger charge is 2.15. The van der Waals surface area contributed by atoms with E-state index in [4.69, 9.17) is 4.74 Å². The molecule has 2 aromatic carbocycles. The number of hydrogen-bond acceptors (Lipinski definition) is 1. The van der Waals surface area contributed by atoms with Crippen LogP contribution in [0.3, 0.4) is 0 Å². The normalized spacial score (nSPS) is 11.2. The summed E-state index contributed by atoms with van der Waals surface area (Å²) in [6.07, 6.45) is 5.96. The van der Waals surface area contributed by atoms with Gasteiger partial charge >= 0.3 is 0 Å². The van der Waals surface area contributed by atoms with Crippen LogP contribution in [0, 0.1) is 6.92 Å². The Kier molecular flexibility index (Phi) is 4.11. The molecule has 19 heavy (non-hydrogen) atoms. The quantitative estimate of drug-likeness (QED) is 0.716. The maximum Gasteiger partial charge on any atom is 0.141 e. The largest absolute Gasteiger partial charge is 0.495 e. The topological polar surface area (TPSA) is 9.23 Å². The molecule has 0 amide bonds. The smallest absolute Gasteiger partial charge is 0.141 e. The van der Waals surface area contributed by atoms with Crippen LogP contribution < -0.4 is 4.74 Å². The van der Waals surface area contributed by atoms with Crippen LogP contribution in [0.25, 0.3) is 22.9 Å². The lowest BCUT2D eigenvalue weighted by Crippen LogP contribution is -1.94. The Morgan fingerprint density at radius 1 is 1.21 bits per heavy atom. The molecule has 0 spiro atoms. The van der Waals surface area contributed by atoms with Crippen molar-refractivity contribution < 1.29 is 4.74 Å². The van der Waals surface area contributed by atoms with Crippen LogP contribution in [-0.2, 0) is 0 Å². The fourth-order valence-corrected chi connectivity index (χ4v) is 3.04. The fourth-order valence-electron chi connectivity index (χ4n) is 2.33. The van der Waals surface area contributed by atoms with Crippen molar-refractivity contribution in [3.63, 3.8) is 0 Å². The first kappa shape index (κ1) is 13.9. The van der Waals surface area contributed by atoms with Crippen LogP contribution in [0.2, 0.25) is 0 Å². The molecule has 0 atom stereocenters. The summed E-state index contributed by atoms with van der Waals surface area (Å²) >= 11 is 3.67. The third-order valence-corrected chi connectivity index (χ3v) is 3.96. The molecule has 1 nitrogen and oxygen atoms in total. The number of allylic oxidation sites excluding steroid dienone is 1. The Labute approximate surface area is 122 Å². The van der Waals surface area contributed by atoms with Gasteiger partial charge in [-0.15, -0.1) is 0 Å². The van der Waals surface area contributed by atoms with Crippen molar-refractivity contribution in [2.45, 2.75) is 13.8 Å². The third kappa shape index (κ3) is 2.33. The minimum Gasteiger partial charge on any atom is -0.495 e. The van der Waals surface area contributed by atoms with Gasteiger partial charge in [0.1, 0.15) is 5.75 Å². The molecule has 0 bridgehead atoms. The number of hydrogen-bond donors (Lipinski definition) is 0. The van der Waals surface area contributed by atoms with Gasteiger partial charge in [-0.1, -0.05) is 48.6 Å². The highest BCUT2D eigenvalue weighted by molar-refractivity contribution is 9.10. The molecule has 0 aliphatic heterocycles. The van der Waals surface area contributed by atoms with Crippen molar-refractivity contribution in [2.75, 3.05) is 7.11 Å². The standard InChI is InChI=1S/C17H17BrO/c1-5-7-14-12(6-2)13-9-8-11(3)10-15(13)16(18)17(14)19-4/h5-10H,2H2,1,3-4H3/b7-5-. The predicted octanol–water partition coefficient (Wildman–Crippen LogP) is 5.60. The van der Waals surface area contributed by atoms with E-state index in [9.17, 15) is 0 Å². The molecule has 0 aliphatic carbocycles. The van der Waals surface area contributed by atoms with E-state index in [1.54, 1.807) is 7.11 Å². The predicted molar refractivity (Wildman–Crippen MR) is 87.7 cm³/mol. The maximum absolute atomic E-state index is 5.57. The molecular weight excluding hydrogens is 300 g/mol. The molecule has 2 rings (SSSR count). The van der Waals surface area contributed by atoms with Gasteiger partial charge in [-0.05, 0) is 40.7 Å². The van der Waals surface area contributed by atoms with Gasteiger partial charge in [-0.3, -0.25) is 0 Å². The van der Waals surface area contributed by atoms with Crippen LogP contribution in [0.15, 0.2) is 35.3 Å². The first-order valence-corrected chi connectivity index (χ1v) is 6.98. The van der Waals surface area contributed by atoms with Crippen LogP contribution in [-0.4, -0.2) is 7.11 Å². The van der Waals surface area contributed by atoms with Crippen LogP contribution >= 0.6 is 15.9 Å². The van der Waals surface area contributed by atoms with E-state index in [0.717, 1.165) is 26.7 Å². The van der Waals surface area contributed by atoms with Gasteiger partial charge in [0.2, 0.25) is 0 Å². The van der Waals surface area contributed by atoms with E-state index < -0.39 is 0 Å². The van der Waals surface area contributed by atoms with Crippen LogP contribution in [0.4, 0.5) is 0 Å². The lowest BCUT2D eigenvalue weighted by Gasteiger charge is -2.15.